The topological polar surface area (TPSA) is 71.1 Å². The molecule has 1 aliphatic heterocycles. The number of nitrogens with one attached hydrogen (secondary N) is 1. The molecule has 4 unspecified atom stereocenters. The number of fused-ring (bicyclic) bond motifs is 1. The van der Waals surface area contributed by atoms with Crippen molar-refractivity contribution in [3.63, 3.8) is 0 Å². The molecule has 9 heteroatoms. The lowest BCUT2D eigenvalue weighted by atomic mass is 9.75. The molecule has 2 aromatic rings. The fourth-order valence-electron chi connectivity index (χ4n) is 6.07. The van der Waals surface area contributed by atoms with Crippen LogP contribution >= 0.6 is 0 Å². The first-order valence-electron chi connectivity index (χ1n) is 12.2. The number of carbonyl (C=O) groups is 1. The summed E-state index contributed by atoms with van der Waals surface area (Å²) in [6, 6.07) is 1.98. The Balaban J connectivity index is 1.38. The summed E-state index contributed by atoms with van der Waals surface area (Å²) in [4.78, 5) is 19.4. The Morgan fingerprint density at radius 2 is 1.88 bits per heavy atom. The minimum Gasteiger partial charge on any atom is -0.378 e. The van der Waals surface area contributed by atoms with E-state index in [0.717, 1.165) is 37.7 Å². The van der Waals surface area contributed by atoms with Gasteiger partial charge in [0, 0.05) is 42.2 Å². The Hall–Kier alpha value is -2.16. The highest BCUT2D eigenvalue weighted by molar-refractivity contribution is 5.80. The van der Waals surface area contributed by atoms with Crippen molar-refractivity contribution in [3.8, 4) is 0 Å². The summed E-state index contributed by atoms with van der Waals surface area (Å²) in [7, 11) is 0. The number of rotatable bonds is 3. The van der Waals surface area contributed by atoms with Gasteiger partial charge in [0.2, 0.25) is 5.91 Å². The first kappa shape index (κ1) is 22.6. The van der Waals surface area contributed by atoms with Gasteiger partial charge in [-0.15, -0.1) is 0 Å². The van der Waals surface area contributed by atoms with Crippen molar-refractivity contribution in [1.82, 2.24) is 20.1 Å². The zero-order valence-electron chi connectivity index (χ0n) is 18.7. The molecule has 1 amide bonds. The van der Waals surface area contributed by atoms with Gasteiger partial charge in [-0.2, -0.15) is 18.3 Å². The number of aromatic amines is 1. The van der Waals surface area contributed by atoms with E-state index >= 15 is 0 Å². The van der Waals surface area contributed by atoms with Crippen molar-refractivity contribution in [2.75, 3.05) is 26.3 Å². The fourth-order valence-corrected chi connectivity index (χ4v) is 6.07. The first-order chi connectivity index (χ1) is 15.9. The molecular formula is C24H31F3N4O2. The van der Waals surface area contributed by atoms with E-state index in [-0.39, 0.29) is 24.2 Å². The summed E-state index contributed by atoms with van der Waals surface area (Å²) in [6.07, 6.45) is 3.20. The quantitative estimate of drug-likeness (QED) is 0.700. The largest absolute Gasteiger partial charge is 0.392 e. The first-order valence-corrected chi connectivity index (χ1v) is 12.2. The normalized spacial score (nSPS) is 29.4. The molecule has 3 heterocycles. The molecule has 5 rings (SSSR count). The van der Waals surface area contributed by atoms with Crippen LogP contribution in [0.3, 0.4) is 0 Å². The maximum Gasteiger partial charge on any atom is 0.392 e. The van der Waals surface area contributed by atoms with E-state index in [2.05, 4.69) is 15.2 Å². The van der Waals surface area contributed by atoms with Crippen LogP contribution in [-0.2, 0) is 9.53 Å². The Kier molecular flexibility index (Phi) is 6.33. The Labute approximate surface area is 191 Å². The molecule has 0 aromatic carbocycles. The molecule has 1 N–H and O–H groups in total. The van der Waals surface area contributed by atoms with E-state index in [1.807, 2.05) is 11.0 Å². The molecule has 0 spiro atoms. The van der Waals surface area contributed by atoms with Crippen molar-refractivity contribution in [2.45, 2.75) is 69.4 Å². The van der Waals surface area contributed by atoms with E-state index < -0.39 is 18.0 Å². The monoisotopic (exact) mass is 464 g/mol. The van der Waals surface area contributed by atoms with Crippen LogP contribution in [0.25, 0.3) is 11.0 Å². The molecule has 2 saturated carbocycles. The molecule has 1 saturated heterocycles. The second-order valence-electron chi connectivity index (χ2n) is 9.81. The SMILES string of the molecule is O=C(C1CCCC(c2cnc3n[nH]c(C4CCCCC4C(F)(F)F)c3c2)C1)N1CCOCC1. The molecule has 2 aromatic heterocycles. The highest BCUT2D eigenvalue weighted by atomic mass is 19.4. The van der Waals surface area contributed by atoms with Crippen LogP contribution in [0, 0.1) is 11.8 Å². The van der Waals surface area contributed by atoms with Gasteiger partial charge in [-0.1, -0.05) is 19.3 Å². The number of hydrogen-bond donors (Lipinski definition) is 1. The van der Waals surface area contributed by atoms with Crippen LogP contribution in [0.2, 0.25) is 0 Å². The summed E-state index contributed by atoms with van der Waals surface area (Å²) < 4.78 is 46.6. The summed E-state index contributed by atoms with van der Waals surface area (Å²) >= 11 is 0. The lowest BCUT2D eigenvalue weighted by Gasteiger charge is -2.34. The molecule has 3 aliphatic rings. The van der Waals surface area contributed by atoms with Crippen LogP contribution in [0.15, 0.2) is 12.3 Å². The number of aromatic nitrogens is 3. The number of H-pyrrole nitrogens is 1. The van der Waals surface area contributed by atoms with Crippen LogP contribution < -0.4 is 0 Å². The number of amides is 1. The van der Waals surface area contributed by atoms with Crippen molar-refractivity contribution in [1.29, 1.82) is 0 Å². The van der Waals surface area contributed by atoms with Crippen LogP contribution in [0.1, 0.15) is 74.5 Å². The summed E-state index contributed by atoms with van der Waals surface area (Å²) in [5.74, 6) is -1.59. The number of alkyl halides is 3. The third-order valence-electron chi connectivity index (χ3n) is 7.84. The van der Waals surface area contributed by atoms with Gasteiger partial charge < -0.3 is 9.64 Å². The predicted molar refractivity (Wildman–Crippen MR) is 117 cm³/mol. The van der Waals surface area contributed by atoms with Gasteiger partial charge in [-0.05, 0) is 49.7 Å². The third kappa shape index (κ3) is 4.61. The molecule has 2 aliphatic carbocycles. The standard InChI is InChI=1S/C24H31F3N4O2/c25-24(26,27)20-7-2-1-6-18(20)21-19-13-17(14-28-22(19)30-29-21)15-4-3-5-16(12-15)23(32)31-8-10-33-11-9-31/h13-16,18,20H,1-12H2,(H,28,29,30). The number of ether oxygens (including phenoxy) is 1. The minimum absolute atomic E-state index is 0.0191. The highest BCUT2D eigenvalue weighted by Gasteiger charge is 2.47. The van der Waals surface area contributed by atoms with Crippen molar-refractivity contribution < 1.29 is 22.7 Å². The van der Waals surface area contributed by atoms with E-state index in [4.69, 9.17) is 4.74 Å². The van der Waals surface area contributed by atoms with Gasteiger partial charge in [0.05, 0.1) is 19.1 Å². The summed E-state index contributed by atoms with van der Waals surface area (Å²) in [5, 5.41) is 7.83. The van der Waals surface area contributed by atoms with Crippen LogP contribution in [0.5, 0.6) is 0 Å². The number of halogens is 3. The lowest BCUT2D eigenvalue weighted by molar-refractivity contribution is -0.187. The fraction of sp³-hybridized carbons (Fsp3) is 0.708. The zero-order valence-corrected chi connectivity index (χ0v) is 18.7. The van der Waals surface area contributed by atoms with Gasteiger partial charge in [0.1, 0.15) is 0 Å². The van der Waals surface area contributed by atoms with Gasteiger partial charge in [0.25, 0.3) is 0 Å². The third-order valence-corrected chi connectivity index (χ3v) is 7.84. The number of nitrogens with zero attached hydrogens (tertiary/aromatic N) is 3. The minimum atomic E-state index is -4.22. The zero-order chi connectivity index (χ0) is 23.0. The van der Waals surface area contributed by atoms with Crippen molar-refractivity contribution in [2.24, 2.45) is 11.8 Å². The van der Waals surface area contributed by atoms with Crippen LogP contribution in [0.4, 0.5) is 13.2 Å². The second kappa shape index (κ2) is 9.24. The second-order valence-corrected chi connectivity index (χ2v) is 9.81. The van der Waals surface area contributed by atoms with Crippen molar-refractivity contribution >= 4 is 16.9 Å². The average Bonchev–Trinajstić information content (AvgIpc) is 3.27. The van der Waals surface area contributed by atoms with Crippen molar-refractivity contribution in [3.05, 3.63) is 23.5 Å². The van der Waals surface area contributed by atoms with Gasteiger partial charge in [0.15, 0.2) is 5.65 Å². The van der Waals surface area contributed by atoms with Gasteiger partial charge in [-0.25, -0.2) is 4.98 Å². The van der Waals surface area contributed by atoms with E-state index in [9.17, 15) is 18.0 Å². The molecule has 33 heavy (non-hydrogen) atoms. The molecule has 0 bridgehead atoms. The highest BCUT2D eigenvalue weighted by Crippen LogP contribution is 2.47. The number of pyridine rings is 1. The maximum absolute atomic E-state index is 13.7. The molecule has 180 valence electrons. The van der Waals surface area contributed by atoms with E-state index in [1.54, 1.807) is 6.20 Å². The molecule has 6 nitrogen and oxygen atoms in total. The Morgan fingerprint density at radius 1 is 1.09 bits per heavy atom. The Bertz CT molecular complexity index is 986. The van der Waals surface area contributed by atoms with E-state index in [0.29, 0.717) is 55.9 Å². The lowest BCUT2D eigenvalue weighted by Crippen LogP contribution is -2.44. The predicted octanol–water partition coefficient (Wildman–Crippen LogP) is 4.93. The summed E-state index contributed by atoms with van der Waals surface area (Å²) in [5.41, 5.74) is 2.04. The smallest absolute Gasteiger partial charge is 0.378 e. The van der Waals surface area contributed by atoms with Gasteiger partial charge >= 0.3 is 6.18 Å². The number of hydrogen-bond acceptors (Lipinski definition) is 4. The molecule has 4 atom stereocenters. The average molecular weight is 465 g/mol. The molecule has 0 radical (unpaired) electrons. The molecular weight excluding hydrogens is 433 g/mol. The van der Waals surface area contributed by atoms with Gasteiger partial charge in [-0.3, -0.25) is 9.89 Å². The van der Waals surface area contributed by atoms with Crippen LogP contribution in [-0.4, -0.2) is 58.5 Å². The van der Waals surface area contributed by atoms with E-state index in [1.165, 1.54) is 0 Å². The number of carbonyl (C=O) groups excluding carboxylic acids is 1. The summed E-state index contributed by atoms with van der Waals surface area (Å²) in [6.45, 7) is 2.47. The number of morpholine rings is 1. The maximum atomic E-state index is 13.7. The molecule has 3 fully saturated rings. The Morgan fingerprint density at radius 3 is 2.67 bits per heavy atom.